The van der Waals surface area contributed by atoms with Gasteiger partial charge in [0.2, 0.25) is 0 Å². The van der Waals surface area contributed by atoms with E-state index < -0.39 is 0 Å². The molecule has 0 atom stereocenters. The molecular formula is C18H17Br. The molecule has 0 saturated heterocycles. The molecule has 0 N–H and O–H groups in total. The Morgan fingerprint density at radius 1 is 0.737 bits per heavy atom. The number of rotatable bonds is 0. The Labute approximate surface area is 122 Å². The van der Waals surface area contributed by atoms with Crippen LogP contribution >= 0.6 is 15.9 Å². The van der Waals surface area contributed by atoms with E-state index in [1.54, 1.807) is 0 Å². The van der Waals surface area contributed by atoms with E-state index >= 15 is 0 Å². The molecule has 1 heteroatoms. The molecule has 3 aromatic rings. The standard InChI is InChI=1S/C18H17Br/c1-18(2,3)14-6-8-16-12(10-14)4-5-13-11-15(19)7-9-17(13)16/h4-11H,1-3H3. The maximum Gasteiger partial charge on any atom is 0.0181 e. The zero-order chi connectivity index (χ0) is 13.6. The lowest BCUT2D eigenvalue weighted by atomic mass is 9.85. The van der Waals surface area contributed by atoms with Crippen LogP contribution in [0.25, 0.3) is 21.5 Å². The summed E-state index contributed by atoms with van der Waals surface area (Å²) in [5, 5.41) is 5.26. The van der Waals surface area contributed by atoms with Crippen molar-refractivity contribution < 1.29 is 0 Å². The smallest absolute Gasteiger partial charge is 0.0181 e. The molecule has 96 valence electrons. The first-order valence-electron chi connectivity index (χ1n) is 6.58. The quantitative estimate of drug-likeness (QED) is 0.443. The van der Waals surface area contributed by atoms with Gasteiger partial charge < -0.3 is 0 Å². The van der Waals surface area contributed by atoms with Gasteiger partial charge in [0.05, 0.1) is 0 Å². The summed E-state index contributed by atoms with van der Waals surface area (Å²) < 4.78 is 1.13. The first-order valence-corrected chi connectivity index (χ1v) is 7.37. The van der Waals surface area contributed by atoms with Crippen molar-refractivity contribution in [1.29, 1.82) is 0 Å². The fourth-order valence-electron chi connectivity index (χ4n) is 2.51. The summed E-state index contributed by atoms with van der Waals surface area (Å²) in [6, 6.07) is 17.7. The minimum Gasteiger partial charge on any atom is -0.0578 e. The molecule has 0 heterocycles. The van der Waals surface area contributed by atoms with Crippen LogP contribution in [0.5, 0.6) is 0 Å². The van der Waals surface area contributed by atoms with E-state index in [0.29, 0.717) is 0 Å². The molecule has 0 bridgehead atoms. The highest BCUT2D eigenvalue weighted by atomic mass is 79.9. The SMILES string of the molecule is CC(C)(C)c1ccc2c(ccc3cc(Br)ccc32)c1. The summed E-state index contributed by atoms with van der Waals surface area (Å²) in [5.74, 6) is 0. The third kappa shape index (κ3) is 2.28. The molecule has 0 nitrogen and oxygen atoms in total. The van der Waals surface area contributed by atoms with Gasteiger partial charge in [-0.1, -0.05) is 73.1 Å². The van der Waals surface area contributed by atoms with Crippen LogP contribution in [-0.4, -0.2) is 0 Å². The molecule has 0 aromatic heterocycles. The van der Waals surface area contributed by atoms with Crippen LogP contribution in [0.2, 0.25) is 0 Å². The molecule has 3 rings (SSSR count). The first kappa shape index (κ1) is 12.7. The molecule has 3 aromatic carbocycles. The number of halogens is 1. The Bertz CT molecular complexity index is 764. The molecule has 0 spiro atoms. The van der Waals surface area contributed by atoms with Gasteiger partial charge in [0.1, 0.15) is 0 Å². The first-order chi connectivity index (χ1) is 8.95. The van der Waals surface area contributed by atoms with Crippen molar-refractivity contribution >= 4 is 37.5 Å². The second-order valence-corrected chi connectivity index (χ2v) is 7.03. The number of benzene rings is 3. The Kier molecular flexibility index (Phi) is 2.90. The van der Waals surface area contributed by atoms with Crippen molar-refractivity contribution in [2.24, 2.45) is 0 Å². The molecule has 0 fully saturated rings. The second-order valence-electron chi connectivity index (χ2n) is 6.12. The third-order valence-corrected chi connectivity index (χ3v) is 4.16. The lowest BCUT2D eigenvalue weighted by Gasteiger charge is -2.19. The minimum atomic E-state index is 0.197. The maximum atomic E-state index is 3.53. The van der Waals surface area contributed by atoms with Gasteiger partial charge in [-0.2, -0.15) is 0 Å². The molecule has 0 saturated carbocycles. The van der Waals surface area contributed by atoms with Crippen molar-refractivity contribution in [1.82, 2.24) is 0 Å². The van der Waals surface area contributed by atoms with Gasteiger partial charge in [-0.3, -0.25) is 0 Å². The third-order valence-electron chi connectivity index (χ3n) is 3.66. The molecule has 0 amide bonds. The highest BCUT2D eigenvalue weighted by molar-refractivity contribution is 9.10. The van der Waals surface area contributed by atoms with Crippen LogP contribution in [-0.2, 0) is 5.41 Å². The number of hydrogen-bond acceptors (Lipinski definition) is 0. The monoisotopic (exact) mass is 312 g/mol. The van der Waals surface area contributed by atoms with E-state index in [-0.39, 0.29) is 5.41 Å². The fraction of sp³-hybridized carbons (Fsp3) is 0.222. The van der Waals surface area contributed by atoms with Crippen molar-refractivity contribution in [3.8, 4) is 0 Å². The molecule has 0 radical (unpaired) electrons. The average molecular weight is 313 g/mol. The lowest BCUT2D eigenvalue weighted by molar-refractivity contribution is 0.591. The molecule has 0 unspecified atom stereocenters. The second kappa shape index (κ2) is 4.35. The van der Waals surface area contributed by atoms with Crippen molar-refractivity contribution in [2.75, 3.05) is 0 Å². The summed E-state index contributed by atoms with van der Waals surface area (Å²) in [5.41, 5.74) is 1.58. The number of fused-ring (bicyclic) bond motifs is 3. The Hall–Kier alpha value is -1.34. The van der Waals surface area contributed by atoms with E-state index in [1.165, 1.54) is 27.1 Å². The van der Waals surface area contributed by atoms with Gasteiger partial charge in [0, 0.05) is 4.47 Å². The van der Waals surface area contributed by atoms with E-state index in [2.05, 4.69) is 85.2 Å². The van der Waals surface area contributed by atoms with Gasteiger partial charge in [-0.05, 0) is 44.7 Å². The topological polar surface area (TPSA) is 0 Å². The predicted molar refractivity (Wildman–Crippen MR) is 87.9 cm³/mol. The zero-order valence-corrected chi connectivity index (χ0v) is 13.1. The van der Waals surface area contributed by atoms with Crippen LogP contribution in [0, 0.1) is 0 Å². The van der Waals surface area contributed by atoms with Gasteiger partial charge in [0.25, 0.3) is 0 Å². The highest BCUT2D eigenvalue weighted by Gasteiger charge is 2.14. The van der Waals surface area contributed by atoms with Crippen LogP contribution < -0.4 is 0 Å². The Morgan fingerprint density at radius 2 is 1.32 bits per heavy atom. The molecule has 0 aliphatic heterocycles. The van der Waals surface area contributed by atoms with Crippen molar-refractivity contribution in [2.45, 2.75) is 26.2 Å². The summed E-state index contributed by atoms with van der Waals surface area (Å²) in [4.78, 5) is 0. The Morgan fingerprint density at radius 3 is 1.95 bits per heavy atom. The summed E-state index contributed by atoms with van der Waals surface area (Å²) >= 11 is 3.53. The van der Waals surface area contributed by atoms with Crippen molar-refractivity contribution in [3.05, 3.63) is 58.6 Å². The molecule has 0 aliphatic rings. The Balaban J connectivity index is 2.33. The normalized spacial score (nSPS) is 12.2. The van der Waals surface area contributed by atoms with Gasteiger partial charge >= 0.3 is 0 Å². The summed E-state index contributed by atoms with van der Waals surface area (Å²) in [7, 11) is 0. The van der Waals surface area contributed by atoms with Crippen LogP contribution in [0.4, 0.5) is 0 Å². The van der Waals surface area contributed by atoms with E-state index in [1.807, 2.05) is 0 Å². The largest absolute Gasteiger partial charge is 0.0578 e. The van der Waals surface area contributed by atoms with Gasteiger partial charge in [-0.15, -0.1) is 0 Å². The van der Waals surface area contributed by atoms with Crippen molar-refractivity contribution in [3.63, 3.8) is 0 Å². The minimum absolute atomic E-state index is 0.197. The van der Waals surface area contributed by atoms with Crippen LogP contribution in [0.15, 0.2) is 53.0 Å². The average Bonchev–Trinajstić information content (AvgIpc) is 2.36. The van der Waals surface area contributed by atoms with E-state index in [9.17, 15) is 0 Å². The number of hydrogen-bond donors (Lipinski definition) is 0. The highest BCUT2D eigenvalue weighted by Crippen LogP contribution is 2.31. The molecular weight excluding hydrogens is 296 g/mol. The van der Waals surface area contributed by atoms with Crippen LogP contribution in [0.1, 0.15) is 26.3 Å². The van der Waals surface area contributed by atoms with Gasteiger partial charge in [0.15, 0.2) is 0 Å². The maximum absolute atomic E-state index is 3.53. The summed E-state index contributed by atoms with van der Waals surface area (Å²) in [6.07, 6.45) is 0. The van der Waals surface area contributed by atoms with E-state index in [0.717, 1.165) is 4.47 Å². The lowest BCUT2D eigenvalue weighted by Crippen LogP contribution is -2.10. The van der Waals surface area contributed by atoms with E-state index in [4.69, 9.17) is 0 Å². The summed E-state index contributed by atoms with van der Waals surface area (Å²) in [6.45, 7) is 6.77. The zero-order valence-electron chi connectivity index (χ0n) is 11.5. The predicted octanol–water partition coefficient (Wildman–Crippen LogP) is 6.05. The van der Waals surface area contributed by atoms with Gasteiger partial charge in [-0.25, -0.2) is 0 Å². The molecule has 0 aliphatic carbocycles. The fourth-order valence-corrected chi connectivity index (χ4v) is 2.89. The van der Waals surface area contributed by atoms with Crippen LogP contribution in [0.3, 0.4) is 0 Å². The molecule has 19 heavy (non-hydrogen) atoms.